The Morgan fingerprint density at radius 1 is 1.04 bits per heavy atom. The maximum Gasteiger partial charge on any atom is 0.252 e. The first-order valence-corrected chi connectivity index (χ1v) is 9.26. The zero-order valence-corrected chi connectivity index (χ0v) is 16.0. The van der Waals surface area contributed by atoms with E-state index in [1.54, 1.807) is 12.3 Å². The van der Waals surface area contributed by atoms with Crippen molar-refractivity contribution in [1.29, 1.82) is 0 Å². The van der Waals surface area contributed by atoms with Crippen LogP contribution in [0.1, 0.15) is 27.0 Å². The molecule has 0 fully saturated rings. The molecule has 3 aromatic rings. The van der Waals surface area contributed by atoms with Gasteiger partial charge in [0.05, 0.1) is 5.56 Å². The predicted octanol–water partition coefficient (Wildman–Crippen LogP) is 4.63. The molecule has 0 saturated carbocycles. The van der Waals surface area contributed by atoms with Gasteiger partial charge in [-0.05, 0) is 48.7 Å². The van der Waals surface area contributed by atoms with Gasteiger partial charge < -0.3 is 10.6 Å². The van der Waals surface area contributed by atoms with Gasteiger partial charge in [-0.3, -0.25) is 4.79 Å². The largest absolute Gasteiger partial charge is 0.366 e. The third-order valence-electron chi connectivity index (χ3n) is 4.21. The Morgan fingerprint density at radius 3 is 2.56 bits per heavy atom. The third-order valence-corrected chi connectivity index (χ3v) is 4.44. The van der Waals surface area contributed by atoms with Crippen molar-refractivity contribution in [2.45, 2.75) is 19.9 Å². The Kier molecular flexibility index (Phi) is 6.44. The molecule has 0 unspecified atom stereocenters. The molecule has 1 aromatic heterocycles. The molecule has 0 spiro atoms. The highest BCUT2D eigenvalue weighted by molar-refractivity contribution is 6.30. The Hall–Kier alpha value is -2.85. The molecule has 0 saturated heterocycles. The van der Waals surface area contributed by atoms with Crippen molar-refractivity contribution in [3.63, 3.8) is 0 Å². The molecular weight excluding hydrogens is 358 g/mol. The molecule has 0 bridgehead atoms. The molecule has 4 nitrogen and oxygen atoms in total. The van der Waals surface area contributed by atoms with Gasteiger partial charge >= 0.3 is 0 Å². The number of pyridine rings is 1. The number of amides is 1. The van der Waals surface area contributed by atoms with Gasteiger partial charge in [-0.2, -0.15) is 0 Å². The molecule has 3 rings (SSSR count). The SMILES string of the molecule is Cc1ccc(CNc2ccc(C(=O)NCCc3cccc(Cl)c3)cn2)cc1. The van der Waals surface area contributed by atoms with Crippen LogP contribution in [0.2, 0.25) is 5.02 Å². The summed E-state index contributed by atoms with van der Waals surface area (Å²) in [6.45, 7) is 3.31. The molecule has 2 N–H and O–H groups in total. The fourth-order valence-corrected chi connectivity index (χ4v) is 2.86. The van der Waals surface area contributed by atoms with Crippen molar-refractivity contribution < 1.29 is 4.79 Å². The number of hydrogen-bond acceptors (Lipinski definition) is 3. The highest BCUT2D eigenvalue weighted by atomic mass is 35.5. The van der Waals surface area contributed by atoms with Gasteiger partial charge in [-0.25, -0.2) is 4.98 Å². The standard InChI is InChI=1S/C22H22ClN3O/c1-16-5-7-18(8-6-16)14-25-21-10-9-19(15-26-21)22(27)24-12-11-17-3-2-4-20(23)13-17/h2-10,13,15H,11-12,14H2,1H3,(H,24,27)(H,25,26). The minimum absolute atomic E-state index is 0.130. The number of anilines is 1. The fourth-order valence-electron chi connectivity index (χ4n) is 2.65. The van der Waals surface area contributed by atoms with Gasteiger partial charge in [0.1, 0.15) is 5.82 Å². The van der Waals surface area contributed by atoms with Crippen molar-refractivity contribution >= 4 is 23.3 Å². The molecule has 1 amide bonds. The molecule has 0 aliphatic heterocycles. The van der Waals surface area contributed by atoms with Crippen molar-refractivity contribution in [3.8, 4) is 0 Å². The molecule has 5 heteroatoms. The molecule has 27 heavy (non-hydrogen) atoms. The number of halogens is 1. The van der Waals surface area contributed by atoms with Gasteiger partial charge in [0, 0.05) is 24.3 Å². The van der Waals surface area contributed by atoms with Crippen molar-refractivity contribution in [1.82, 2.24) is 10.3 Å². The third kappa shape index (κ3) is 5.83. The summed E-state index contributed by atoms with van der Waals surface area (Å²) in [4.78, 5) is 16.5. The van der Waals surface area contributed by atoms with E-state index >= 15 is 0 Å². The quantitative estimate of drug-likeness (QED) is 0.629. The van der Waals surface area contributed by atoms with E-state index in [0.717, 1.165) is 17.8 Å². The average molecular weight is 380 g/mol. The monoisotopic (exact) mass is 379 g/mol. The van der Waals surface area contributed by atoms with Crippen LogP contribution >= 0.6 is 11.6 Å². The van der Waals surface area contributed by atoms with Crippen LogP contribution in [0.25, 0.3) is 0 Å². The van der Waals surface area contributed by atoms with E-state index in [1.165, 1.54) is 11.1 Å². The van der Waals surface area contributed by atoms with Crippen molar-refractivity contribution in [3.05, 3.63) is 94.1 Å². The first-order chi connectivity index (χ1) is 13.1. The number of aromatic nitrogens is 1. The Balaban J connectivity index is 1.47. The van der Waals surface area contributed by atoms with Crippen molar-refractivity contribution in [2.24, 2.45) is 0 Å². The second-order valence-electron chi connectivity index (χ2n) is 6.41. The van der Waals surface area contributed by atoms with Gasteiger partial charge in [-0.1, -0.05) is 53.6 Å². The van der Waals surface area contributed by atoms with Gasteiger partial charge in [0.25, 0.3) is 5.91 Å². The lowest BCUT2D eigenvalue weighted by atomic mass is 10.1. The summed E-state index contributed by atoms with van der Waals surface area (Å²) >= 11 is 5.97. The number of benzene rings is 2. The van der Waals surface area contributed by atoms with E-state index in [0.29, 0.717) is 23.7 Å². The highest BCUT2D eigenvalue weighted by Crippen LogP contribution is 2.11. The summed E-state index contributed by atoms with van der Waals surface area (Å²) in [5, 5.41) is 6.87. The molecule has 0 aliphatic carbocycles. The number of nitrogens with zero attached hydrogens (tertiary/aromatic N) is 1. The molecule has 0 atom stereocenters. The minimum atomic E-state index is -0.130. The lowest BCUT2D eigenvalue weighted by Crippen LogP contribution is -2.25. The summed E-state index contributed by atoms with van der Waals surface area (Å²) in [5.74, 6) is 0.612. The number of nitrogens with one attached hydrogen (secondary N) is 2. The van der Waals surface area contributed by atoms with E-state index in [9.17, 15) is 4.79 Å². The van der Waals surface area contributed by atoms with E-state index in [4.69, 9.17) is 11.6 Å². The topological polar surface area (TPSA) is 54.0 Å². The number of aryl methyl sites for hydroxylation is 1. The summed E-state index contributed by atoms with van der Waals surface area (Å²) in [6.07, 6.45) is 2.32. The first kappa shape index (κ1) is 18.9. The van der Waals surface area contributed by atoms with Crippen LogP contribution in [-0.4, -0.2) is 17.4 Å². The minimum Gasteiger partial charge on any atom is -0.366 e. The summed E-state index contributed by atoms with van der Waals surface area (Å²) in [7, 11) is 0. The molecule has 138 valence electrons. The lowest BCUT2D eigenvalue weighted by molar-refractivity contribution is 0.0954. The molecule has 2 aromatic carbocycles. The van der Waals surface area contributed by atoms with Crippen LogP contribution in [-0.2, 0) is 13.0 Å². The predicted molar refractivity (Wildman–Crippen MR) is 110 cm³/mol. The summed E-state index contributed by atoms with van der Waals surface area (Å²) in [6, 6.07) is 19.6. The highest BCUT2D eigenvalue weighted by Gasteiger charge is 2.06. The van der Waals surface area contributed by atoms with Gasteiger partial charge in [-0.15, -0.1) is 0 Å². The summed E-state index contributed by atoms with van der Waals surface area (Å²) in [5.41, 5.74) is 4.06. The molecule has 0 radical (unpaired) electrons. The van der Waals surface area contributed by atoms with E-state index < -0.39 is 0 Å². The van der Waals surface area contributed by atoms with Crippen molar-refractivity contribution in [2.75, 3.05) is 11.9 Å². The Morgan fingerprint density at radius 2 is 1.85 bits per heavy atom. The maximum absolute atomic E-state index is 12.2. The molecule has 1 heterocycles. The molecular formula is C22H22ClN3O. The number of rotatable bonds is 7. The van der Waals surface area contributed by atoms with Crippen LogP contribution in [0.15, 0.2) is 66.9 Å². The van der Waals surface area contributed by atoms with Crippen LogP contribution in [0.3, 0.4) is 0 Å². The van der Waals surface area contributed by atoms with E-state index in [1.807, 2.05) is 30.3 Å². The lowest BCUT2D eigenvalue weighted by Gasteiger charge is -2.08. The van der Waals surface area contributed by atoms with Gasteiger partial charge in [0.15, 0.2) is 0 Å². The van der Waals surface area contributed by atoms with Crippen LogP contribution in [0, 0.1) is 6.92 Å². The number of hydrogen-bond donors (Lipinski definition) is 2. The van der Waals surface area contributed by atoms with Crippen LogP contribution in [0.4, 0.5) is 5.82 Å². The average Bonchev–Trinajstić information content (AvgIpc) is 2.68. The van der Waals surface area contributed by atoms with Crippen LogP contribution in [0.5, 0.6) is 0 Å². The second-order valence-corrected chi connectivity index (χ2v) is 6.84. The Labute approximate surface area is 164 Å². The molecule has 0 aliphatic rings. The summed E-state index contributed by atoms with van der Waals surface area (Å²) < 4.78 is 0. The Bertz CT molecular complexity index is 892. The zero-order chi connectivity index (χ0) is 19.1. The smallest absolute Gasteiger partial charge is 0.252 e. The normalized spacial score (nSPS) is 10.4. The first-order valence-electron chi connectivity index (χ1n) is 8.88. The van der Waals surface area contributed by atoms with Crippen LogP contribution < -0.4 is 10.6 Å². The zero-order valence-electron chi connectivity index (χ0n) is 15.2. The number of carbonyl (C=O) groups is 1. The van der Waals surface area contributed by atoms with E-state index in [-0.39, 0.29) is 5.91 Å². The fraction of sp³-hybridized carbons (Fsp3) is 0.182. The number of carbonyl (C=O) groups excluding carboxylic acids is 1. The second kappa shape index (κ2) is 9.19. The van der Waals surface area contributed by atoms with E-state index in [2.05, 4.69) is 46.8 Å². The van der Waals surface area contributed by atoms with Gasteiger partial charge in [0.2, 0.25) is 0 Å². The maximum atomic E-state index is 12.2.